The van der Waals surface area contributed by atoms with Crippen molar-refractivity contribution < 1.29 is 0 Å². The monoisotopic (exact) mass is 407 g/mol. The topological polar surface area (TPSA) is 62.9 Å². The minimum absolute atomic E-state index is 0.0823. The lowest BCUT2D eigenvalue weighted by Gasteiger charge is -2.23. The summed E-state index contributed by atoms with van der Waals surface area (Å²) >= 11 is 0. The molecule has 1 aromatic carbocycles. The summed E-state index contributed by atoms with van der Waals surface area (Å²) in [5, 5.41) is 4.49. The van der Waals surface area contributed by atoms with Gasteiger partial charge in [0.15, 0.2) is 5.82 Å². The maximum absolute atomic E-state index is 13.0. The zero-order chi connectivity index (χ0) is 22.2. The number of aliphatic imine (C=N–C) groups is 1. The molecule has 30 heavy (non-hydrogen) atoms. The fourth-order valence-electron chi connectivity index (χ4n) is 4.10. The number of anilines is 1. The predicted molar refractivity (Wildman–Crippen MR) is 126 cm³/mol. The Morgan fingerprint density at radius 2 is 1.67 bits per heavy atom. The average Bonchev–Trinajstić information content (AvgIpc) is 3.01. The molecule has 0 N–H and O–H groups in total. The van der Waals surface area contributed by atoms with Crippen LogP contribution in [0.5, 0.6) is 0 Å². The molecule has 0 fully saturated rings. The SMILES string of the molecule is CCc1c(C(C)C)nc2n(c1=O)N=C(C)C2=Nc1c(C)cc(N(CC)CC)cc1C. The van der Waals surface area contributed by atoms with Crippen molar-refractivity contribution in [3.05, 3.63) is 50.7 Å². The van der Waals surface area contributed by atoms with Gasteiger partial charge in [-0.2, -0.15) is 9.78 Å². The zero-order valence-corrected chi connectivity index (χ0v) is 19.5. The van der Waals surface area contributed by atoms with E-state index in [0.29, 0.717) is 23.7 Å². The molecule has 0 aliphatic carbocycles. The number of aryl methyl sites for hydroxylation is 2. The summed E-state index contributed by atoms with van der Waals surface area (Å²) in [6, 6.07) is 4.36. The molecule has 0 saturated heterocycles. The van der Waals surface area contributed by atoms with Gasteiger partial charge in [-0.3, -0.25) is 4.79 Å². The van der Waals surface area contributed by atoms with Crippen LogP contribution in [0.1, 0.15) is 75.7 Å². The Morgan fingerprint density at radius 3 is 2.17 bits per heavy atom. The van der Waals surface area contributed by atoms with Crippen molar-refractivity contribution in [1.82, 2.24) is 9.66 Å². The second-order valence-electron chi connectivity index (χ2n) is 8.17. The molecule has 2 heterocycles. The maximum Gasteiger partial charge on any atom is 0.277 e. The molecule has 0 unspecified atom stereocenters. The number of rotatable bonds is 6. The van der Waals surface area contributed by atoms with Crippen molar-refractivity contribution in [1.29, 1.82) is 0 Å². The van der Waals surface area contributed by atoms with Crippen LogP contribution in [-0.4, -0.2) is 34.2 Å². The van der Waals surface area contributed by atoms with Crippen LogP contribution in [0.4, 0.5) is 11.4 Å². The van der Waals surface area contributed by atoms with E-state index in [2.05, 4.69) is 63.7 Å². The van der Waals surface area contributed by atoms with Crippen LogP contribution in [0.2, 0.25) is 0 Å². The molecule has 0 atom stereocenters. The van der Waals surface area contributed by atoms with Crippen LogP contribution in [0.25, 0.3) is 0 Å². The molecule has 1 aliphatic heterocycles. The normalized spacial score (nSPS) is 14.4. The van der Waals surface area contributed by atoms with Crippen LogP contribution >= 0.6 is 0 Å². The molecular formula is C24H33N5O. The van der Waals surface area contributed by atoms with Crippen molar-refractivity contribution in [2.75, 3.05) is 18.0 Å². The van der Waals surface area contributed by atoms with Crippen LogP contribution in [-0.2, 0) is 6.42 Å². The summed E-state index contributed by atoms with van der Waals surface area (Å²) in [4.78, 5) is 25.2. The van der Waals surface area contributed by atoms with Gasteiger partial charge in [-0.25, -0.2) is 9.98 Å². The van der Waals surface area contributed by atoms with E-state index in [1.165, 1.54) is 10.4 Å². The minimum Gasteiger partial charge on any atom is -0.372 e. The van der Waals surface area contributed by atoms with Crippen LogP contribution in [0.3, 0.4) is 0 Å². The van der Waals surface area contributed by atoms with Gasteiger partial charge in [0.05, 0.1) is 17.1 Å². The van der Waals surface area contributed by atoms with Crippen molar-refractivity contribution in [3.8, 4) is 0 Å². The summed E-state index contributed by atoms with van der Waals surface area (Å²) in [5.74, 6) is 0.711. The van der Waals surface area contributed by atoms with Crippen molar-refractivity contribution in [3.63, 3.8) is 0 Å². The van der Waals surface area contributed by atoms with Crippen molar-refractivity contribution in [2.24, 2.45) is 10.1 Å². The van der Waals surface area contributed by atoms with Crippen LogP contribution < -0.4 is 10.5 Å². The van der Waals surface area contributed by atoms with E-state index >= 15 is 0 Å². The van der Waals surface area contributed by atoms with Gasteiger partial charge in [-0.1, -0.05) is 20.8 Å². The Kier molecular flexibility index (Phi) is 6.25. The second-order valence-corrected chi connectivity index (χ2v) is 8.17. The summed E-state index contributed by atoms with van der Waals surface area (Å²) in [6.07, 6.45) is 0.645. The number of nitrogens with zero attached hydrogens (tertiary/aromatic N) is 5. The quantitative estimate of drug-likeness (QED) is 0.694. The smallest absolute Gasteiger partial charge is 0.277 e. The van der Waals surface area contributed by atoms with Gasteiger partial charge in [0, 0.05) is 24.3 Å². The molecule has 1 aromatic heterocycles. The Hall–Kier alpha value is -2.76. The molecule has 0 spiro atoms. The highest BCUT2D eigenvalue weighted by Crippen LogP contribution is 2.31. The third-order valence-corrected chi connectivity index (χ3v) is 5.72. The fraction of sp³-hybridized carbons (Fsp3) is 0.500. The first-order chi connectivity index (χ1) is 14.2. The van der Waals surface area contributed by atoms with Gasteiger partial charge in [-0.15, -0.1) is 0 Å². The Balaban J connectivity index is 2.18. The number of aromatic nitrogens is 2. The third-order valence-electron chi connectivity index (χ3n) is 5.72. The molecular weight excluding hydrogens is 374 g/mol. The van der Waals surface area contributed by atoms with Gasteiger partial charge in [0.1, 0.15) is 5.71 Å². The largest absolute Gasteiger partial charge is 0.372 e. The van der Waals surface area contributed by atoms with E-state index in [1.807, 2.05) is 13.8 Å². The highest BCUT2D eigenvalue weighted by molar-refractivity contribution is 6.48. The molecule has 2 aromatic rings. The lowest BCUT2D eigenvalue weighted by atomic mass is 10.0. The fourth-order valence-corrected chi connectivity index (χ4v) is 4.10. The van der Waals surface area contributed by atoms with Gasteiger partial charge in [0.25, 0.3) is 5.56 Å². The summed E-state index contributed by atoms with van der Waals surface area (Å²) in [7, 11) is 0. The summed E-state index contributed by atoms with van der Waals surface area (Å²) in [5.41, 5.74) is 7.23. The van der Waals surface area contributed by atoms with E-state index in [0.717, 1.165) is 41.2 Å². The molecule has 3 rings (SSSR count). The first kappa shape index (κ1) is 21.9. The summed E-state index contributed by atoms with van der Waals surface area (Å²) < 4.78 is 1.42. The number of fused-ring (bicyclic) bond motifs is 1. The number of hydrogen-bond donors (Lipinski definition) is 0. The third kappa shape index (κ3) is 3.71. The molecule has 1 aliphatic rings. The van der Waals surface area contributed by atoms with Gasteiger partial charge < -0.3 is 4.90 Å². The van der Waals surface area contributed by atoms with Crippen molar-refractivity contribution >= 4 is 22.8 Å². The van der Waals surface area contributed by atoms with E-state index in [1.54, 1.807) is 0 Å². The molecule has 6 nitrogen and oxygen atoms in total. The van der Waals surface area contributed by atoms with E-state index < -0.39 is 0 Å². The van der Waals surface area contributed by atoms with E-state index in [4.69, 9.17) is 9.98 Å². The van der Waals surface area contributed by atoms with Gasteiger partial charge >= 0.3 is 0 Å². The molecule has 6 heteroatoms. The standard InChI is InChI=1S/C24H33N5O/c1-9-19-20(14(4)5)26-23-22(17(8)27-29(23)24(19)30)25-21-15(6)12-18(13-16(21)7)28(10-2)11-3/h12-14H,9-11H2,1-8H3. The Bertz CT molecular complexity index is 1060. The molecule has 160 valence electrons. The molecule has 0 bridgehead atoms. The van der Waals surface area contributed by atoms with Crippen LogP contribution in [0.15, 0.2) is 27.0 Å². The maximum atomic E-state index is 13.0. The van der Waals surface area contributed by atoms with Gasteiger partial charge in [0.2, 0.25) is 0 Å². The Labute approximate surface area is 179 Å². The second kappa shape index (κ2) is 8.54. The zero-order valence-electron chi connectivity index (χ0n) is 19.5. The van der Waals surface area contributed by atoms with Gasteiger partial charge in [-0.05, 0) is 70.2 Å². The Morgan fingerprint density at radius 1 is 1.07 bits per heavy atom. The first-order valence-electron chi connectivity index (χ1n) is 10.9. The summed E-state index contributed by atoms with van der Waals surface area (Å²) in [6.45, 7) is 18.4. The number of benzene rings is 1. The minimum atomic E-state index is -0.0823. The predicted octanol–water partition coefficient (Wildman–Crippen LogP) is 4.75. The van der Waals surface area contributed by atoms with E-state index in [9.17, 15) is 4.79 Å². The average molecular weight is 408 g/mol. The van der Waals surface area contributed by atoms with Crippen molar-refractivity contribution in [2.45, 2.75) is 67.7 Å². The number of hydrogen-bond acceptors (Lipinski definition) is 5. The molecule has 0 radical (unpaired) electrons. The van der Waals surface area contributed by atoms with Crippen LogP contribution in [0, 0.1) is 13.8 Å². The van der Waals surface area contributed by atoms with E-state index in [-0.39, 0.29) is 11.5 Å². The lowest BCUT2D eigenvalue weighted by molar-refractivity contribution is 0.717. The molecule has 0 amide bonds. The molecule has 0 saturated carbocycles. The lowest BCUT2D eigenvalue weighted by Crippen LogP contribution is -2.27. The first-order valence-corrected chi connectivity index (χ1v) is 10.9. The highest BCUT2D eigenvalue weighted by atomic mass is 16.1. The highest BCUT2D eigenvalue weighted by Gasteiger charge is 2.27.